The van der Waals surface area contributed by atoms with Crippen molar-refractivity contribution in [1.29, 1.82) is 0 Å². The molecular formula is C28H36N6O3. The molecule has 0 radical (unpaired) electrons. The van der Waals surface area contributed by atoms with Gasteiger partial charge in [-0.2, -0.15) is 0 Å². The number of fused-ring (bicyclic) bond motifs is 1. The molecule has 0 saturated carbocycles. The molecule has 1 fully saturated rings. The summed E-state index contributed by atoms with van der Waals surface area (Å²) in [5, 5.41) is 6.05. The Bertz CT molecular complexity index is 1350. The van der Waals surface area contributed by atoms with E-state index in [1.54, 1.807) is 16.7 Å². The van der Waals surface area contributed by atoms with Crippen LogP contribution in [0.5, 0.6) is 0 Å². The molecule has 9 heteroatoms. The normalized spacial score (nSPS) is 15.7. The van der Waals surface area contributed by atoms with Crippen LogP contribution in [0.15, 0.2) is 41.2 Å². The fraction of sp³-hybridized carbons (Fsp3) is 0.429. The highest BCUT2D eigenvalue weighted by molar-refractivity contribution is 5.85. The zero-order valence-electron chi connectivity index (χ0n) is 21.8. The third-order valence-electron chi connectivity index (χ3n) is 7.24. The van der Waals surface area contributed by atoms with E-state index in [1.165, 1.54) is 13.5 Å². The van der Waals surface area contributed by atoms with Crippen molar-refractivity contribution in [3.05, 3.63) is 57.7 Å². The molecule has 1 atom stereocenters. The second kappa shape index (κ2) is 11.6. The lowest BCUT2D eigenvalue weighted by Crippen LogP contribution is -2.40. The molecule has 3 heterocycles. The van der Waals surface area contributed by atoms with E-state index in [2.05, 4.69) is 22.5 Å². The minimum absolute atomic E-state index is 0.0227. The molecule has 4 rings (SSSR count). The van der Waals surface area contributed by atoms with Gasteiger partial charge in [0.05, 0.1) is 23.9 Å². The number of aryl methyl sites for hydroxylation is 1. The van der Waals surface area contributed by atoms with Crippen molar-refractivity contribution in [2.75, 3.05) is 32.4 Å². The van der Waals surface area contributed by atoms with Crippen LogP contribution in [0, 0.1) is 0 Å². The number of nitrogens with zero attached hydrogens (tertiary/aromatic N) is 3. The number of nitrogens with two attached hydrogens (primary N) is 1. The number of likely N-dealkylation sites (tertiary alicyclic amines) is 1. The number of likely N-dealkylation sites (N-methyl/N-ethyl adjacent to an activating group) is 2. The smallest absolute Gasteiger partial charge is 0.224 e. The van der Waals surface area contributed by atoms with E-state index in [0.717, 1.165) is 30.6 Å². The maximum atomic E-state index is 13.1. The van der Waals surface area contributed by atoms with Crippen molar-refractivity contribution in [3.63, 3.8) is 0 Å². The van der Waals surface area contributed by atoms with Gasteiger partial charge in [-0.05, 0) is 50.6 Å². The number of hydrogen-bond acceptors (Lipinski definition) is 6. The first kappa shape index (κ1) is 26.3. The maximum absolute atomic E-state index is 13.1. The van der Waals surface area contributed by atoms with E-state index in [1.807, 2.05) is 31.2 Å². The topological polar surface area (TPSA) is 122 Å². The van der Waals surface area contributed by atoms with E-state index in [4.69, 9.17) is 10.7 Å². The van der Waals surface area contributed by atoms with Crippen molar-refractivity contribution in [2.24, 2.45) is 0 Å². The Hall–Kier alpha value is -3.72. The first-order valence-electron chi connectivity index (χ1n) is 13.0. The molecule has 0 unspecified atom stereocenters. The fourth-order valence-corrected chi connectivity index (χ4v) is 5.10. The SMILES string of the molecule is CCN1CCC[C@@H]1CNC(=O)Cc1ccc(-c2ccc3c(=O)c(CC(=O)NC)c(N)n(CC)c3n2)cc1. The summed E-state index contributed by atoms with van der Waals surface area (Å²) in [5.74, 6) is 0.00873. The van der Waals surface area contributed by atoms with Gasteiger partial charge in [0.2, 0.25) is 11.8 Å². The zero-order chi connectivity index (χ0) is 26.5. The van der Waals surface area contributed by atoms with E-state index >= 15 is 0 Å². The number of aromatic nitrogens is 2. The summed E-state index contributed by atoms with van der Waals surface area (Å²) >= 11 is 0. The minimum atomic E-state index is -0.277. The minimum Gasteiger partial charge on any atom is -0.385 e. The number of rotatable bonds is 9. The fourth-order valence-electron chi connectivity index (χ4n) is 5.10. The molecule has 9 nitrogen and oxygen atoms in total. The lowest BCUT2D eigenvalue weighted by Gasteiger charge is -2.22. The molecule has 0 aliphatic carbocycles. The number of nitrogens with one attached hydrogen (secondary N) is 2. The molecule has 3 aromatic rings. The summed E-state index contributed by atoms with van der Waals surface area (Å²) in [6, 6.07) is 11.7. The van der Waals surface area contributed by atoms with Gasteiger partial charge in [-0.25, -0.2) is 4.98 Å². The van der Waals surface area contributed by atoms with Crippen LogP contribution in [0.25, 0.3) is 22.3 Å². The van der Waals surface area contributed by atoms with Crippen LogP contribution in [0.2, 0.25) is 0 Å². The van der Waals surface area contributed by atoms with Gasteiger partial charge in [-0.1, -0.05) is 31.2 Å². The number of nitrogen functional groups attached to an aromatic ring is 1. The molecular weight excluding hydrogens is 468 g/mol. The van der Waals surface area contributed by atoms with Gasteiger partial charge in [-0.3, -0.25) is 19.3 Å². The molecule has 4 N–H and O–H groups in total. The highest BCUT2D eigenvalue weighted by Gasteiger charge is 2.23. The van der Waals surface area contributed by atoms with Gasteiger partial charge in [-0.15, -0.1) is 0 Å². The van der Waals surface area contributed by atoms with Crippen LogP contribution in [0.4, 0.5) is 5.82 Å². The summed E-state index contributed by atoms with van der Waals surface area (Å²) < 4.78 is 1.77. The number of amides is 2. The van der Waals surface area contributed by atoms with Gasteiger partial charge in [0.15, 0.2) is 5.43 Å². The Morgan fingerprint density at radius 3 is 2.49 bits per heavy atom. The predicted octanol–water partition coefficient (Wildman–Crippen LogP) is 2.10. The average molecular weight is 505 g/mol. The van der Waals surface area contributed by atoms with E-state index < -0.39 is 0 Å². The van der Waals surface area contributed by atoms with Crippen molar-refractivity contribution in [1.82, 2.24) is 25.1 Å². The molecule has 1 aromatic carbocycles. The summed E-state index contributed by atoms with van der Waals surface area (Å²) in [7, 11) is 1.53. The lowest BCUT2D eigenvalue weighted by molar-refractivity contribution is -0.121. The molecule has 1 aliphatic heterocycles. The molecule has 2 aromatic heterocycles. The Morgan fingerprint density at radius 1 is 1.05 bits per heavy atom. The molecule has 0 bridgehead atoms. The number of anilines is 1. The van der Waals surface area contributed by atoms with E-state index in [0.29, 0.717) is 42.3 Å². The van der Waals surface area contributed by atoms with E-state index in [-0.39, 0.29) is 35.0 Å². The zero-order valence-corrected chi connectivity index (χ0v) is 21.8. The van der Waals surface area contributed by atoms with Gasteiger partial charge in [0.1, 0.15) is 11.5 Å². The summed E-state index contributed by atoms with van der Waals surface area (Å²) in [6.07, 6.45) is 2.57. The van der Waals surface area contributed by atoms with Crippen molar-refractivity contribution < 1.29 is 9.59 Å². The Balaban J connectivity index is 1.51. The van der Waals surface area contributed by atoms with Crippen molar-refractivity contribution in [2.45, 2.75) is 52.1 Å². The largest absolute Gasteiger partial charge is 0.385 e. The number of carbonyl (C=O) groups is 2. The lowest BCUT2D eigenvalue weighted by atomic mass is 10.0. The first-order valence-corrected chi connectivity index (χ1v) is 13.0. The molecule has 2 amide bonds. The van der Waals surface area contributed by atoms with E-state index in [9.17, 15) is 14.4 Å². The monoisotopic (exact) mass is 504 g/mol. The van der Waals surface area contributed by atoms with Gasteiger partial charge in [0, 0.05) is 37.3 Å². The third-order valence-corrected chi connectivity index (χ3v) is 7.24. The quantitative estimate of drug-likeness (QED) is 0.410. The van der Waals surface area contributed by atoms with Crippen LogP contribution in [-0.2, 0) is 29.0 Å². The number of pyridine rings is 2. The summed E-state index contributed by atoms with van der Waals surface area (Å²) in [6.45, 7) is 7.41. The highest BCUT2D eigenvalue weighted by Crippen LogP contribution is 2.23. The summed E-state index contributed by atoms with van der Waals surface area (Å²) in [5.41, 5.74) is 9.29. The average Bonchev–Trinajstić information content (AvgIpc) is 3.38. The van der Waals surface area contributed by atoms with Crippen LogP contribution < -0.4 is 21.8 Å². The summed E-state index contributed by atoms with van der Waals surface area (Å²) in [4.78, 5) is 44.7. The van der Waals surface area contributed by atoms with Gasteiger partial charge >= 0.3 is 0 Å². The highest BCUT2D eigenvalue weighted by atomic mass is 16.2. The predicted molar refractivity (Wildman–Crippen MR) is 146 cm³/mol. The van der Waals surface area contributed by atoms with Crippen LogP contribution in [0.1, 0.15) is 37.8 Å². The first-order chi connectivity index (χ1) is 17.9. The van der Waals surface area contributed by atoms with Crippen LogP contribution in [0.3, 0.4) is 0 Å². The Morgan fingerprint density at radius 2 is 1.81 bits per heavy atom. The number of benzene rings is 1. The number of carbonyl (C=O) groups excluding carboxylic acids is 2. The van der Waals surface area contributed by atoms with Gasteiger partial charge < -0.3 is 20.9 Å². The standard InChI is InChI=1S/C28H36N6O3/c1-4-33-14-6-7-20(33)17-31-25(36)15-18-8-10-19(11-9-18)23-13-12-21-26(37)22(16-24(35)30-3)27(29)34(5-2)28(21)32-23/h8-13,20H,4-7,14-17,29H2,1-3H3,(H,30,35)(H,31,36)/t20-/m1/s1. The maximum Gasteiger partial charge on any atom is 0.224 e. The second-order valence-electron chi connectivity index (χ2n) is 9.46. The van der Waals surface area contributed by atoms with Crippen LogP contribution in [-0.4, -0.2) is 59.0 Å². The number of hydrogen-bond donors (Lipinski definition) is 3. The third kappa shape index (κ3) is 5.67. The molecule has 1 aliphatic rings. The van der Waals surface area contributed by atoms with Crippen LogP contribution >= 0.6 is 0 Å². The second-order valence-corrected chi connectivity index (χ2v) is 9.46. The molecule has 196 valence electrons. The van der Waals surface area contributed by atoms with Gasteiger partial charge in [0.25, 0.3) is 0 Å². The van der Waals surface area contributed by atoms with Crippen molar-refractivity contribution in [3.8, 4) is 11.3 Å². The molecule has 1 saturated heterocycles. The Kier molecular flexibility index (Phi) is 8.23. The molecule has 37 heavy (non-hydrogen) atoms. The van der Waals surface area contributed by atoms with Crippen molar-refractivity contribution >= 4 is 28.7 Å². The Labute approximate surface area is 217 Å². The molecule has 0 spiro atoms.